The molecule has 0 aliphatic heterocycles. The fraction of sp³-hybridized carbons (Fsp3) is 1.00. The van der Waals surface area contributed by atoms with Gasteiger partial charge >= 0.3 is 0 Å². The molecule has 0 radical (unpaired) electrons. The SMILES string of the molecule is CC(C)(C)C1CCCCC1NC1CCC(N)CC1. The molecule has 3 N–H and O–H groups in total. The van der Waals surface area contributed by atoms with Gasteiger partial charge in [0.1, 0.15) is 0 Å². The molecule has 0 amide bonds. The summed E-state index contributed by atoms with van der Waals surface area (Å²) in [5.74, 6) is 0.849. The fourth-order valence-corrected chi connectivity index (χ4v) is 3.96. The van der Waals surface area contributed by atoms with Crippen LogP contribution in [0, 0.1) is 11.3 Å². The Morgan fingerprint density at radius 1 is 0.889 bits per heavy atom. The van der Waals surface area contributed by atoms with E-state index >= 15 is 0 Å². The largest absolute Gasteiger partial charge is 0.328 e. The van der Waals surface area contributed by atoms with Gasteiger partial charge < -0.3 is 11.1 Å². The molecule has 0 heterocycles. The molecule has 0 saturated heterocycles. The van der Waals surface area contributed by atoms with Crippen LogP contribution in [0.4, 0.5) is 0 Å². The molecule has 0 bridgehead atoms. The van der Waals surface area contributed by atoms with E-state index in [9.17, 15) is 0 Å². The van der Waals surface area contributed by atoms with E-state index < -0.39 is 0 Å². The minimum absolute atomic E-state index is 0.448. The fourth-order valence-electron chi connectivity index (χ4n) is 3.96. The minimum atomic E-state index is 0.448. The van der Waals surface area contributed by atoms with Crippen molar-refractivity contribution < 1.29 is 0 Å². The van der Waals surface area contributed by atoms with Gasteiger partial charge in [0.15, 0.2) is 0 Å². The molecule has 2 rings (SSSR count). The summed E-state index contributed by atoms with van der Waals surface area (Å²) in [5.41, 5.74) is 6.45. The van der Waals surface area contributed by atoms with Crippen LogP contribution < -0.4 is 11.1 Å². The molecule has 2 saturated carbocycles. The first-order chi connectivity index (χ1) is 8.47. The third-order valence-corrected chi connectivity index (χ3v) is 5.10. The summed E-state index contributed by atoms with van der Waals surface area (Å²) in [6, 6.07) is 1.95. The van der Waals surface area contributed by atoms with Crippen molar-refractivity contribution in [1.29, 1.82) is 0 Å². The van der Waals surface area contributed by atoms with Crippen molar-refractivity contribution in [2.75, 3.05) is 0 Å². The lowest BCUT2D eigenvalue weighted by Crippen LogP contribution is -2.49. The first-order valence-corrected chi connectivity index (χ1v) is 7.98. The van der Waals surface area contributed by atoms with E-state index in [1.165, 1.54) is 51.4 Å². The molecule has 0 aromatic heterocycles. The van der Waals surface area contributed by atoms with Crippen molar-refractivity contribution in [2.24, 2.45) is 17.1 Å². The van der Waals surface area contributed by atoms with Crippen molar-refractivity contribution in [3.05, 3.63) is 0 Å². The predicted octanol–water partition coefficient (Wildman–Crippen LogP) is 3.45. The summed E-state index contributed by atoms with van der Waals surface area (Å²) >= 11 is 0. The number of nitrogens with one attached hydrogen (secondary N) is 1. The maximum Gasteiger partial charge on any atom is 0.0103 e. The van der Waals surface area contributed by atoms with Gasteiger partial charge in [-0.2, -0.15) is 0 Å². The van der Waals surface area contributed by atoms with E-state index in [0.29, 0.717) is 11.5 Å². The van der Waals surface area contributed by atoms with E-state index in [-0.39, 0.29) is 0 Å². The van der Waals surface area contributed by atoms with E-state index in [1.54, 1.807) is 0 Å². The monoisotopic (exact) mass is 252 g/mol. The zero-order chi connectivity index (χ0) is 13.2. The highest BCUT2D eigenvalue weighted by atomic mass is 15.0. The van der Waals surface area contributed by atoms with Gasteiger partial charge in [-0.3, -0.25) is 0 Å². The molecular weight excluding hydrogens is 220 g/mol. The third-order valence-electron chi connectivity index (χ3n) is 5.10. The van der Waals surface area contributed by atoms with Crippen molar-refractivity contribution in [2.45, 2.75) is 90.3 Å². The van der Waals surface area contributed by atoms with E-state index in [4.69, 9.17) is 5.73 Å². The lowest BCUT2D eigenvalue weighted by atomic mass is 9.69. The highest BCUT2D eigenvalue weighted by Gasteiger charge is 2.35. The number of hydrogen-bond acceptors (Lipinski definition) is 2. The predicted molar refractivity (Wildman–Crippen MR) is 78.6 cm³/mol. The Kier molecular flexibility index (Phi) is 4.71. The molecule has 2 atom stereocenters. The van der Waals surface area contributed by atoms with Crippen LogP contribution >= 0.6 is 0 Å². The second kappa shape index (κ2) is 5.92. The summed E-state index contributed by atoms with van der Waals surface area (Å²) in [6.45, 7) is 7.23. The quantitative estimate of drug-likeness (QED) is 0.790. The minimum Gasteiger partial charge on any atom is -0.328 e. The van der Waals surface area contributed by atoms with E-state index in [0.717, 1.165) is 18.0 Å². The molecule has 2 heteroatoms. The van der Waals surface area contributed by atoms with Crippen LogP contribution in [0.2, 0.25) is 0 Å². The van der Waals surface area contributed by atoms with Crippen LogP contribution in [0.1, 0.15) is 72.1 Å². The highest BCUT2D eigenvalue weighted by Crippen LogP contribution is 2.38. The second-order valence-electron chi connectivity index (χ2n) is 7.64. The summed E-state index contributed by atoms with van der Waals surface area (Å²) in [5, 5.41) is 3.98. The highest BCUT2D eigenvalue weighted by molar-refractivity contribution is 4.91. The standard InChI is InChI=1S/C16H32N2/c1-16(2,3)14-6-4-5-7-15(14)18-13-10-8-12(17)9-11-13/h12-15,18H,4-11,17H2,1-3H3. The van der Waals surface area contributed by atoms with Gasteiger partial charge in [0.2, 0.25) is 0 Å². The van der Waals surface area contributed by atoms with Crippen LogP contribution in [0.25, 0.3) is 0 Å². The average molecular weight is 252 g/mol. The average Bonchev–Trinajstić information content (AvgIpc) is 2.31. The lowest BCUT2D eigenvalue weighted by molar-refractivity contribution is 0.117. The van der Waals surface area contributed by atoms with E-state index in [2.05, 4.69) is 26.1 Å². The zero-order valence-corrected chi connectivity index (χ0v) is 12.5. The van der Waals surface area contributed by atoms with Gasteiger partial charge in [-0.15, -0.1) is 0 Å². The third kappa shape index (κ3) is 3.71. The number of nitrogens with two attached hydrogens (primary N) is 1. The van der Waals surface area contributed by atoms with Gasteiger partial charge in [0, 0.05) is 18.1 Å². The summed E-state index contributed by atoms with van der Waals surface area (Å²) in [4.78, 5) is 0. The van der Waals surface area contributed by atoms with Crippen LogP contribution in [0.3, 0.4) is 0 Å². The number of rotatable bonds is 2. The maximum absolute atomic E-state index is 6.00. The van der Waals surface area contributed by atoms with Gasteiger partial charge in [0.25, 0.3) is 0 Å². The molecule has 0 aromatic rings. The Labute approximate surface area is 113 Å². The summed E-state index contributed by atoms with van der Waals surface area (Å²) in [6.07, 6.45) is 10.6. The Morgan fingerprint density at radius 3 is 2.11 bits per heavy atom. The summed E-state index contributed by atoms with van der Waals surface area (Å²) < 4.78 is 0. The normalized spacial score (nSPS) is 38.7. The second-order valence-corrected chi connectivity index (χ2v) is 7.64. The van der Waals surface area contributed by atoms with Crippen molar-refractivity contribution in [3.8, 4) is 0 Å². The molecule has 2 fully saturated rings. The Hall–Kier alpha value is -0.0800. The molecule has 2 nitrogen and oxygen atoms in total. The van der Waals surface area contributed by atoms with Gasteiger partial charge in [-0.25, -0.2) is 0 Å². The first-order valence-electron chi connectivity index (χ1n) is 7.98. The van der Waals surface area contributed by atoms with Crippen molar-refractivity contribution in [1.82, 2.24) is 5.32 Å². The van der Waals surface area contributed by atoms with Crippen LogP contribution in [-0.4, -0.2) is 18.1 Å². The van der Waals surface area contributed by atoms with Crippen molar-refractivity contribution in [3.63, 3.8) is 0 Å². The first kappa shape index (κ1) is 14.3. The number of hydrogen-bond donors (Lipinski definition) is 2. The van der Waals surface area contributed by atoms with Gasteiger partial charge in [-0.1, -0.05) is 33.6 Å². The van der Waals surface area contributed by atoms with Gasteiger partial charge in [0.05, 0.1) is 0 Å². The Morgan fingerprint density at radius 2 is 1.50 bits per heavy atom. The molecule has 18 heavy (non-hydrogen) atoms. The molecular formula is C16H32N2. The molecule has 106 valence electrons. The molecule has 0 aromatic carbocycles. The Bertz CT molecular complexity index is 248. The van der Waals surface area contributed by atoms with Crippen LogP contribution in [0.15, 0.2) is 0 Å². The van der Waals surface area contributed by atoms with Gasteiger partial charge in [-0.05, 0) is 49.9 Å². The molecule has 2 aliphatic rings. The Balaban J connectivity index is 1.89. The maximum atomic E-state index is 6.00. The van der Waals surface area contributed by atoms with E-state index in [1.807, 2.05) is 0 Å². The molecule has 2 aliphatic carbocycles. The van der Waals surface area contributed by atoms with Crippen molar-refractivity contribution >= 4 is 0 Å². The van der Waals surface area contributed by atoms with Crippen LogP contribution in [0.5, 0.6) is 0 Å². The topological polar surface area (TPSA) is 38.0 Å². The zero-order valence-electron chi connectivity index (χ0n) is 12.5. The summed E-state index contributed by atoms with van der Waals surface area (Å²) in [7, 11) is 0. The molecule has 2 unspecified atom stereocenters. The lowest BCUT2D eigenvalue weighted by Gasteiger charge is -2.43. The van der Waals surface area contributed by atoms with Crippen LogP contribution in [-0.2, 0) is 0 Å². The molecule has 0 spiro atoms. The smallest absolute Gasteiger partial charge is 0.0103 e.